The number of hydrogen-bond donors (Lipinski definition) is 1. The molecule has 0 aliphatic heterocycles. The molecular weight excluding hydrogens is 308 g/mol. The molecule has 0 unspecified atom stereocenters. The zero-order valence-electron chi connectivity index (χ0n) is 16.1. The fraction of sp³-hybridized carbons (Fsp3) is 0.947. The van der Waals surface area contributed by atoms with Gasteiger partial charge in [-0.2, -0.15) is 0 Å². The van der Waals surface area contributed by atoms with Crippen LogP contribution in [0.5, 0.6) is 0 Å². The summed E-state index contributed by atoms with van der Waals surface area (Å²) in [6.45, 7) is 9.78. The topological polar surface area (TPSA) is 65.0 Å². The summed E-state index contributed by atoms with van der Waals surface area (Å²) in [7, 11) is 0. The van der Waals surface area contributed by atoms with Crippen LogP contribution in [0.15, 0.2) is 0 Å². The van der Waals surface area contributed by atoms with Crippen LogP contribution in [-0.4, -0.2) is 56.1 Å². The molecule has 0 bridgehead atoms. The smallest absolute Gasteiger partial charge is 0.137 e. The summed E-state index contributed by atoms with van der Waals surface area (Å²) in [5.41, 5.74) is 0. The minimum atomic E-state index is 0.0336. The van der Waals surface area contributed by atoms with E-state index in [0.717, 1.165) is 0 Å². The second-order valence-electron chi connectivity index (χ2n) is 6.76. The summed E-state index contributed by atoms with van der Waals surface area (Å²) in [6.07, 6.45) is 8.21. The number of aliphatic hydroxyl groups excluding tert-OH is 1. The first-order valence-electron chi connectivity index (χ1n) is 9.41. The van der Waals surface area contributed by atoms with Gasteiger partial charge in [0.2, 0.25) is 0 Å². The van der Waals surface area contributed by atoms with Gasteiger partial charge in [-0.15, -0.1) is 0 Å². The van der Waals surface area contributed by atoms with Gasteiger partial charge in [0.1, 0.15) is 5.78 Å². The second kappa shape index (κ2) is 16.0. The predicted molar refractivity (Wildman–Crippen MR) is 96.3 cm³/mol. The molecule has 1 rings (SSSR count). The van der Waals surface area contributed by atoms with Crippen LogP contribution in [0.1, 0.15) is 66.2 Å². The van der Waals surface area contributed by atoms with E-state index in [1.54, 1.807) is 0 Å². The molecule has 144 valence electrons. The number of carbonyl (C=O) groups excluding carboxylic acids is 1. The van der Waals surface area contributed by atoms with Gasteiger partial charge in [0, 0.05) is 12.3 Å². The third-order valence-electron chi connectivity index (χ3n) is 3.76. The third kappa shape index (κ3) is 15.1. The van der Waals surface area contributed by atoms with Crippen molar-refractivity contribution in [3.05, 3.63) is 0 Å². The molecule has 1 saturated carbocycles. The summed E-state index contributed by atoms with van der Waals surface area (Å²) >= 11 is 0. The average Bonchev–Trinajstić information content (AvgIpc) is 2.54. The highest BCUT2D eigenvalue weighted by atomic mass is 16.5. The maximum absolute atomic E-state index is 11.1. The van der Waals surface area contributed by atoms with Crippen LogP contribution in [0.2, 0.25) is 0 Å². The van der Waals surface area contributed by atoms with Gasteiger partial charge >= 0.3 is 0 Å². The van der Waals surface area contributed by atoms with Crippen LogP contribution in [0.25, 0.3) is 0 Å². The molecule has 0 spiro atoms. The number of carbonyl (C=O) groups is 1. The van der Waals surface area contributed by atoms with Gasteiger partial charge in [-0.05, 0) is 26.7 Å². The molecule has 0 aromatic heterocycles. The van der Waals surface area contributed by atoms with Crippen molar-refractivity contribution >= 4 is 5.78 Å². The summed E-state index contributed by atoms with van der Waals surface area (Å²) in [4.78, 5) is 11.1. The van der Waals surface area contributed by atoms with Crippen LogP contribution in [-0.2, 0) is 19.0 Å². The molecule has 1 aliphatic rings. The summed E-state index contributed by atoms with van der Waals surface area (Å²) in [5, 5.41) is 8.39. The maximum Gasteiger partial charge on any atom is 0.137 e. The van der Waals surface area contributed by atoms with Crippen molar-refractivity contribution in [1.82, 2.24) is 0 Å². The van der Waals surface area contributed by atoms with E-state index < -0.39 is 0 Å². The lowest BCUT2D eigenvalue weighted by molar-refractivity contribution is -0.123. The zero-order valence-corrected chi connectivity index (χ0v) is 16.1. The molecule has 0 aromatic carbocycles. The van der Waals surface area contributed by atoms with Crippen molar-refractivity contribution < 1.29 is 24.1 Å². The van der Waals surface area contributed by atoms with Crippen molar-refractivity contribution in [3.8, 4) is 0 Å². The van der Waals surface area contributed by atoms with Gasteiger partial charge in [0.05, 0.1) is 45.2 Å². The summed E-state index contributed by atoms with van der Waals surface area (Å²) < 4.78 is 15.8. The number of Topliss-reactive ketones (excluding diaryl/α,β-unsaturated/α-hetero) is 1. The van der Waals surface area contributed by atoms with Gasteiger partial charge < -0.3 is 19.3 Å². The highest BCUT2D eigenvalue weighted by Gasteiger charge is 2.14. The molecule has 1 fully saturated rings. The van der Waals surface area contributed by atoms with E-state index in [0.29, 0.717) is 45.1 Å². The molecular formula is C19H38O5. The van der Waals surface area contributed by atoms with Crippen molar-refractivity contribution in [2.75, 3.05) is 33.0 Å². The van der Waals surface area contributed by atoms with E-state index in [1.165, 1.54) is 32.1 Å². The first-order valence-corrected chi connectivity index (χ1v) is 9.41. The number of ketones is 1. The predicted octanol–water partition coefficient (Wildman–Crippen LogP) is 3.37. The van der Waals surface area contributed by atoms with E-state index in [2.05, 4.69) is 13.8 Å². The standard InChI is InChI=1S/C10H20O4.C9H18O/c1-9(2)10(12)3-5-13-7-8-14-6-4-11;1-8(2)10-9-6-4-3-5-7-9/h9,11H,3-8H2,1-2H3;8-9H,3-7H2,1-2H3. The number of rotatable bonds is 11. The Kier molecular flexibility index (Phi) is 15.7. The summed E-state index contributed by atoms with van der Waals surface area (Å²) in [6, 6.07) is 0. The Morgan fingerprint density at radius 3 is 2.04 bits per heavy atom. The minimum Gasteiger partial charge on any atom is -0.394 e. The average molecular weight is 347 g/mol. The number of hydrogen-bond acceptors (Lipinski definition) is 5. The lowest BCUT2D eigenvalue weighted by Crippen LogP contribution is -2.20. The van der Waals surface area contributed by atoms with E-state index in [1.807, 2.05) is 13.8 Å². The molecule has 1 N–H and O–H groups in total. The van der Waals surface area contributed by atoms with Crippen molar-refractivity contribution in [2.45, 2.75) is 78.4 Å². The second-order valence-corrected chi connectivity index (χ2v) is 6.76. The quantitative estimate of drug-likeness (QED) is 0.581. The zero-order chi connectivity index (χ0) is 18.2. The van der Waals surface area contributed by atoms with E-state index in [-0.39, 0.29) is 18.3 Å². The van der Waals surface area contributed by atoms with Gasteiger partial charge in [-0.1, -0.05) is 33.1 Å². The van der Waals surface area contributed by atoms with Crippen LogP contribution in [0.4, 0.5) is 0 Å². The van der Waals surface area contributed by atoms with Crippen molar-refractivity contribution in [1.29, 1.82) is 0 Å². The normalized spacial score (nSPS) is 15.5. The molecule has 5 heteroatoms. The summed E-state index contributed by atoms with van der Waals surface area (Å²) in [5.74, 6) is 0.311. The number of ether oxygens (including phenoxy) is 3. The fourth-order valence-electron chi connectivity index (χ4n) is 2.43. The highest BCUT2D eigenvalue weighted by molar-refractivity contribution is 5.80. The highest BCUT2D eigenvalue weighted by Crippen LogP contribution is 2.21. The molecule has 0 aromatic rings. The van der Waals surface area contributed by atoms with Crippen LogP contribution >= 0.6 is 0 Å². The van der Waals surface area contributed by atoms with Crippen LogP contribution in [0, 0.1) is 5.92 Å². The molecule has 0 saturated heterocycles. The number of aliphatic hydroxyl groups is 1. The Hall–Kier alpha value is -0.490. The van der Waals surface area contributed by atoms with E-state index in [4.69, 9.17) is 19.3 Å². The van der Waals surface area contributed by atoms with Crippen molar-refractivity contribution in [2.24, 2.45) is 5.92 Å². The third-order valence-corrected chi connectivity index (χ3v) is 3.76. The molecule has 0 atom stereocenters. The fourth-order valence-corrected chi connectivity index (χ4v) is 2.43. The van der Waals surface area contributed by atoms with Crippen LogP contribution < -0.4 is 0 Å². The van der Waals surface area contributed by atoms with Gasteiger partial charge in [-0.3, -0.25) is 4.79 Å². The Morgan fingerprint density at radius 1 is 0.958 bits per heavy atom. The van der Waals surface area contributed by atoms with Gasteiger partial charge in [0.15, 0.2) is 0 Å². The molecule has 24 heavy (non-hydrogen) atoms. The lowest BCUT2D eigenvalue weighted by atomic mass is 9.98. The largest absolute Gasteiger partial charge is 0.394 e. The maximum atomic E-state index is 11.1. The Balaban J connectivity index is 0.000000463. The molecule has 0 amide bonds. The Morgan fingerprint density at radius 2 is 1.54 bits per heavy atom. The van der Waals surface area contributed by atoms with E-state index >= 15 is 0 Å². The Labute approximate surface area is 148 Å². The van der Waals surface area contributed by atoms with Crippen molar-refractivity contribution in [3.63, 3.8) is 0 Å². The molecule has 5 nitrogen and oxygen atoms in total. The Bertz CT molecular complexity index is 285. The van der Waals surface area contributed by atoms with Gasteiger partial charge in [-0.25, -0.2) is 0 Å². The SMILES string of the molecule is CC(C)C(=O)CCOCCOCCO.CC(C)OC1CCCCC1. The first-order chi connectivity index (χ1) is 11.5. The molecule has 0 heterocycles. The van der Waals surface area contributed by atoms with Gasteiger partial charge in [0.25, 0.3) is 0 Å². The lowest BCUT2D eigenvalue weighted by Gasteiger charge is -2.23. The molecule has 1 aliphatic carbocycles. The monoisotopic (exact) mass is 346 g/mol. The minimum absolute atomic E-state index is 0.0336. The van der Waals surface area contributed by atoms with Crippen LogP contribution in [0.3, 0.4) is 0 Å². The first kappa shape index (κ1) is 23.5. The van der Waals surface area contributed by atoms with E-state index in [9.17, 15) is 4.79 Å². The molecule has 0 radical (unpaired) electrons.